The summed E-state index contributed by atoms with van der Waals surface area (Å²) < 4.78 is 18.9. The molecule has 0 aromatic heterocycles. The summed E-state index contributed by atoms with van der Waals surface area (Å²) in [6.07, 6.45) is 0. The fourth-order valence-electron chi connectivity index (χ4n) is 1.88. The summed E-state index contributed by atoms with van der Waals surface area (Å²) in [4.78, 5) is 0. The number of hydrogen-bond donors (Lipinski definition) is 1. The fourth-order valence-corrected chi connectivity index (χ4v) is 1.88. The van der Waals surface area contributed by atoms with Crippen molar-refractivity contribution in [1.82, 2.24) is 5.32 Å². The molecule has 0 fully saturated rings. The molecule has 0 aliphatic heterocycles. The summed E-state index contributed by atoms with van der Waals surface area (Å²) in [5.74, 6) is 0.561. The van der Waals surface area contributed by atoms with Crippen molar-refractivity contribution in [3.63, 3.8) is 0 Å². The van der Waals surface area contributed by atoms with Crippen LogP contribution in [0.3, 0.4) is 0 Å². The maximum absolute atomic E-state index is 13.8. The number of ether oxygens (including phenoxy) is 1. The van der Waals surface area contributed by atoms with Crippen molar-refractivity contribution in [2.45, 2.75) is 6.54 Å². The van der Waals surface area contributed by atoms with E-state index >= 15 is 0 Å². The highest BCUT2D eigenvalue weighted by Crippen LogP contribution is 2.26. The molecule has 0 aliphatic rings. The second-order valence-corrected chi connectivity index (χ2v) is 4.07. The first-order valence-electron chi connectivity index (χ1n) is 5.82. The molecule has 0 aliphatic carbocycles. The van der Waals surface area contributed by atoms with Gasteiger partial charge in [0, 0.05) is 12.1 Å². The van der Waals surface area contributed by atoms with Crippen molar-refractivity contribution in [3.05, 3.63) is 53.8 Å². The lowest BCUT2D eigenvalue weighted by Gasteiger charge is -2.08. The normalized spacial score (nSPS) is 10.4. The van der Waals surface area contributed by atoms with Gasteiger partial charge in [-0.15, -0.1) is 0 Å². The van der Waals surface area contributed by atoms with E-state index in [-0.39, 0.29) is 5.82 Å². The lowest BCUT2D eigenvalue weighted by molar-refractivity contribution is 0.415. The minimum Gasteiger partial charge on any atom is -0.497 e. The number of halogens is 1. The zero-order valence-electron chi connectivity index (χ0n) is 10.5. The van der Waals surface area contributed by atoms with Crippen molar-refractivity contribution >= 4 is 0 Å². The zero-order valence-corrected chi connectivity index (χ0v) is 10.5. The van der Waals surface area contributed by atoms with Gasteiger partial charge in [0.15, 0.2) is 0 Å². The Balaban J connectivity index is 2.38. The van der Waals surface area contributed by atoms with Gasteiger partial charge in [-0.2, -0.15) is 0 Å². The Bertz CT molecular complexity index is 523. The molecule has 3 heteroatoms. The van der Waals surface area contributed by atoms with Crippen molar-refractivity contribution in [3.8, 4) is 16.9 Å². The van der Waals surface area contributed by atoms with Crippen LogP contribution in [-0.4, -0.2) is 14.2 Å². The van der Waals surface area contributed by atoms with E-state index in [0.717, 1.165) is 23.4 Å². The Labute approximate surface area is 106 Å². The van der Waals surface area contributed by atoms with Crippen LogP contribution >= 0.6 is 0 Å². The van der Waals surface area contributed by atoms with Gasteiger partial charge in [0.05, 0.1) is 7.11 Å². The van der Waals surface area contributed by atoms with Crippen molar-refractivity contribution in [2.75, 3.05) is 14.2 Å². The van der Waals surface area contributed by atoms with Gasteiger partial charge < -0.3 is 10.1 Å². The molecule has 18 heavy (non-hydrogen) atoms. The van der Waals surface area contributed by atoms with Gasteiger partial charge in [-0.3, -0.25) is 0 Å². The molecule has 0 bridgehead atoms. The van der Waals surface area contributed by atoms with E-state index in [0.29, 0.717) is 5.56 Å². The van der Waals surface area contributed by atoms with E-state index in [1.54, 1.807) is 13.2 Å². The highest BCUT2D eigenvalue weighted by molar-refractivity contribution is 5.65. The number of hydrogen-bond acceptors (Lipinski definition) is 2. The van der Waals surface area contributed by atoms with Crippen LogP contribution in [-0.2, 0) is 6.54 Å². The Hall–Kier alpha value is -1.87. The standard InChI is InChI=1S/C15H16FNO/c1-17-10-11-3-8-15(16)14(9-11)12-4-6-13(18-2)7-5-12/h3-9,17H,10H2,1-2H3. The zero-order chi connectivity index (χ0) is 13.0. The summed E-state index contributed by atoms with van der Waals surface area (Å²) in [5.41, 5.74) is 2.53. The molecule has 2 aromatic carbocycles. The molecule has 0 saturated carbocycles. The third-order valence-electron chi connectivity index (χ3n) is 2.81. The highest BCUT2D eigenvalue weighted by Gasteiger charge is 2.06. The first kappa shape index (κ1) is 12.6. The fraction of sp³-hybridized carbons (Fsp3) is 0.200. The van der Waals surface area contributed by atoms with Gasteiger partial charge in [-0.05, 0) is 42.4 Å². The van der Waals surface area contributed by atoms with Gasteiger partial charge in [-0.1, -0.05) is 18.2 Å². The smallest absolute Gasteiger partial charge is 0.131 e. The molecular weight excluding hydrogens is 229 g/mol. The summed E-state index contributed by atoms with van der Waals surface area (Å²) >= 11 is 0. The molecule has 0 saturated heterocycles. The molecule has 0 amide bonds. The molecule has 0 atom stereocenters. The Morgan fingerprint density at radius 2 is 1.83 bits per heavy atom. The predicted octanol–water partition coefficient (Wildman–Crippen LogP) is 3.22. The molecule has 2 aromatic rings. The Morgan fingerprint density at radius 3 is 2.44 bits per heavy atom. The third kappa shape index (κ3) is 2.68. The van der Waals surface area contributed by atoms with E-state index < -0.39 is 0 Å². The van der Waals surface area contributed by atoms with Crippen LogP contribution in [0.2, 0.25) is 0 Å². The van der Waals surface area contributed by atoms with Gasteiger partial charge in [0.25, 0.3) is 0 Å². The van der Waals surface area contributed by atoms with Gasteiger partial charge in [0.1, 0.15) is 11.6 Å². The minimum absolute atomic E-state index is 0.208. The van der Waals surface area contributed by atoms with Crippen LogP contribution in [0.4, 0.5) is 4.39 Å². The van der Waals surface area contributed by atoms with E-state index in [1.807, 2.05) is 37.4 Å². The molecular formula is C15H16FNO. The SMILES string of the molecule is CNCc1ccc(F)c(-c2ccc(OC)cc2)c1. The summed E-state index contributed by atoms with van der Waals surface area (Å²) in [7, 11) is 3.49. The second-order valence-electron chi connectivity index (χ2n) is 4.07. The number of methoxy groups -OCH3 is 1. The van der Waals surface area contributed by atoms with Crippen molar-refractivity contribution in [1.29, 1.82) is 0 Å². The Kier molecular flexibility index (Phi) is 3.95. The number of rotatable bonds is 4. The molecule has 0 unspecified atom stereocenters. The van der Waals surface area contributed by atoms with E-state index in [1.165, 1.54) is 6.07 Å². The number of nitrogens with one attached hydrogen (secondary N) is 1. The average molecular weight is 245 g/mol. The molecule has 2 rings (SSSR count). The lowest BCUT2D eigenvalue weighted by atomic mass is 10.0. The van der Waals surface area contributed by atoms with Crippen LogP contribution in [0.15, 0.2) is 42.5 Å². The largest absolute Gasteiger partial charge is 0.497 e. The van der Waals surface area contributed by atoms with Gasteiger partial charge >= 0.3 is 0 Å². The molecule has 0 radical (unpaired) electrons. The first-order chi connectivity index (χ1) is 8.74. The minimum atomic E-state index is -0.208. The van der Waals surface area contributed by atoms with Crippen LogP contribution < -0.4 is 10.1 Å². The van der Waals surface area contributed by atoms with Crippen molar-refractivity contribution < 1.29 is 9.13 Å². The van der Waals surface area contributed by atoms with Crippen LogP contribution in [0.1, 0.15) is 5.56 Å². The van der Waals surface area contributed by atoms with Crippen molar-refractivity contribution in [2.24, 2.45) is 0 Å². The molecule has 1 N–H and O–H groups in total. The van der Waals surface area contributed by atoms with Crippen LogP contribution in [0.5, 0.6) is 5.75 Å². The summed E-state index contributed by atoms with van der Waals surface area (Å²) in [6.45, 7) is 0.726. The van der Waals surface area contributed by atoms with E-state index in [4.69, 9.17) is 4.74 Å². The quantitative estimate of drug-likeness (QED) is 0.893. The van der Waals surface area contributed by atoms with Crippen LogP contribution in [0.25, 0.3) is 11.1 Å². The number of benzene rings is 2. The van der Waals surface area contributed by atoms with E-state index in [9.17, 15) is 4.39 Å². The topological polar surface area (TPSA) is 21.3 Å². The summed E-state index contributed by atoms with van der Waals surface area (Å²) in [5, 5.41) is 3.06. The molecule has 2 nitrogen and oxygen atoms in total. The van der Waals surface area contributed by atoms with E-state index in [2.05, 4.69) is 5.32 Å². The lowest BCUT2D eigenvalue weighted by Crippen LogP contribution is -2.05. The monoisotopic (exact) mass is 245 g/mol. The maximum atomic E-state index is 13.8. The van der Waals surface area contributed by atoms with Gasteiger partial charge in [-0.25, -0.2) is 4.39 Å². The summed E-state index contributed by atoms with van der Waals surface area (Å²) in [6, 6.07) is 12.6. The highest BCUT2D eigenvalue weighted by atomic mass is 19.1. The predicted molar refractivity (Wildman–Crippen MR) is 71.2 cm³/mol. The average Bonchev–Trinajstić information content (AvgIpc) is 2.41. The first-order valence-corrected chi connectivity index (χ1v) is 5.82. The molecule has 94 valence electrons. The van der Waals surface area contributed by atoms with Crippen LogP contribution in [0, 0.1) is 5.82 Å². The third-order valence-corrected chi connectivity index (χ3v) is 2.81. The molecule has 0 heterocycles. The Morgan fingerprint density at radius 1 is 1.11 bits per heavy atom. The maximum Gasteiger partial charge on any atom is 0.131 e. The van der Waals surface area contributed by atoms with Gasteiger partial charge in [0.2, 0.25) is 0 Å². The molecule has 0 spiro atoms. The second kappa shape index (κ2) is 5.65.